The van der Waals surface area contributed by atoms with Gasteiger partial charge in [-0.1, -0.05) is 32.9 Å². The third-order valence-electron chi connectivity index (χ3n) is 4.20. The van der Waals surface area contributed by atoms with Crippen molar-refractivity contribution in [3.63, 3.8) is 0 Å². The highest BCUT2D eigenvalue weighted by atomic mass is 16.5. The summed E-state index contributed by atoms with van der Waals surface area (Å²) < 4.78 is 5.78. The molecule has 0 aliphatic rings. The van der Waals surface area contributed by atoms with Crippen molar-refractivity contribution in [3.8, 4) is 5.75 Å². The highest BCUT2D eigenvalue weighted by Crippen LogP contribution is 2.26. The Morgan fingerprint density at radius 2 is 1.85 bits per heavy atom. The second-order valence-electron chi connectivity index (χ2n) is 7.57. The zero-order chi connectivity index (χ0) is 20.8. The molecule has 27 heavy (non-hydrogen) atoms. The lowest BCUT2D eigenvalue weighted by Crippen LogP contribution is -2.51. The molecule has 1 aromatic rings. The van der Waals surface area contributed by atoms with Crippen LogP contribution in [-0.4, -0.2) is 53.0 Å². The molecule has 2 unspecified atom stereocenters. The van der Waals surface area contributed by atoms with Crippen molar-refractivity contribution in [1.29, 1.82) is 0 Å². The Morgan fingerprint density at radius 1 is 1.22 bits per heavy atom. The Balaban J connectivity index is 2.90. The van der Waals surface area contributed by atoms with Crippen LogP contribution in [-0.2, 0) is 19.8 Å². The zero-order valence-electron chi connectivity index (χ0n) is 16.9. The first-order valence-electron chi connectivity index (χ1n) is 8.98. The average Bonchev–Trinajstić information content (AvgIpc) is 2.56. The van der Waals surface area contributed by atoms with E-state index < -0.39 is 24.0 Å². The third kappa shape index (κ3) is 6.92. The Labute approximate surface area is 160 Å². The Bertz CT molecular complexity index is 681. The quantitative estimate of drug-likeness (QED) is 0.723. The van der Waals surface area contributed by atoms with Crippen LogP contribution in [0.25, 0.3) is 0 Å². The van der Waals surface area contributed by atoms with Crippen molar-refractivity contribution >= 4 is 17.8 Å². The lowest BCUT2D eigenvalue weighted by Gasteiger charge is -2.29. The molecule has 0 aliphatic heterocycles. The van der Waals surface area contributed by atoms with E-state index in [1.165, 1.54) is 18.7 Å². The molecule has 2 atom stereocenters. The van der Waals surface area contributed by atoms with Gasteiger partial charge < -0.3 is 20.1 Å². The van der Waals surface area contributed by atoms with Gasteiger partial charge in [0.2, 0.25) is 5.91 Å². The number of hydrogen-bond acceptors (Lipinski definition) is 4. The van der Waals surface area contributed by atoms with Crippen molar-refractivity contribution in [3.05, 3.63) is 29.8 Å². The van der Waals surface area contributed by atoms with Crippen LogP contribution in [0.3, 0.4) is 0 Å². The summed E-state index contributed by atoms with van der Waals surface area (Å²) in [5, 5.41) is 11.9. The van der Waals surface area contributed by atoms with Crippen molar-refractivity contribution in [2.45, 2.75) is 59.1 Å². The fourth-order valence-corrected chi connectivity index (χ4v) is 2.50. The first-order valence-corrected chi connectivity index (χ1v) is 8.98. The Morgan fingerprint density at radius 3 is 2.37 bits per heavy atom. The number of carbonyl (C=O) groups excluding carboxylic acids is 2. The van der Waals surface area contributed by atoms with Crippen LogP contribution in [0.1, 0.15) is 47.1 Å². The van der Waals surface area contributed by atoms with Crippen LogP contribution in [0.5, 0.6) is 5.75 Å². The highest BCUT2D eigenvalue weighted by molar-refractivity contribution is 5.86. The molecule has 0 aliphatic carbocycles. The summed E-state index contributed by atoms with van der Waals surface area (Å²) in [5.41, 5.74) is 1.01. The minimum atomic E-state index is -1.12. The largest absolute Gasteiger partial charge is 0.481 e. The van der Waals surface area contributed by atoms with E-state index in [1.807, 2.05) is 18.2 Å². The van der Waals surface area contributed by atoms with Gasteiger partial charge in [0.05, 0.1) is 0 Å². The van der Waals surface area contributed by atoms with Crippen LogP contribution in [0.2, 0.25) is 0 Å². The van der Waals surface area contributed by atoms with Gasteiger partial charge in [0, 0.05) is 20.0 Å². The summed E-state index contributed by atoms with van der Waals surface area (Å²) in [6.45, 7) is 10.9. The molecule has 1 rings (SSSR count). The predicted octanol–water partition coefficient (Wildman–Crippen LogP) is 2.19. The van der Waals surface area contributed by atoms with E-state index in [-0.39, 0.29) is 24.4 Å². The van der Waals surface area contributed by atoms with Crippen molar-refractivity contribution < 1.29 is 24.2 Å². The fourth-order valence-electron chi connectivity index (χ4n) is 2.50. The molecule has 0 saturated heterocycles. The molecule has 150 valence electrons. The molecule has 2 amide bonds. The average molecular weight is 378 g/mol. The van der Waals surface area contributed by atoms with Gasteiger partial charge in [-0.25, -0.2) is 4.79 Å². The topological polar surface area (TPSA) is 95.9 Å². The lowest BCUT2D eigenvalue weighted by molar-refractivity contribution is -0.152. The molecular formula is C20H30N2O5. The summed E-state index contributed by atoms with van der Waals surface area (Å²) in [5.74, 6) is -1.26. The maximum absolute atomic E-state index is 12.8. The van der Waals surface area contributed by atoms with Crippen LogP contribution in [0, 0.1) is 0 Å². The van der Waals surface area contributed by atoms with E-state index in [1.54, 1.807) is 13.0 Å². The smallest absolute Gasteiger partial charge is 0.326 e. The van der Waals surface area contributed by atoms with Gasteiger partial charge >= 0.3 is 5.97 Å². The minimum Gasteiger partial charge on any atom is -0.481 e. The summed E-state index contributed by atoms with van der Waals surface area (Å²) in [7, 11) is 0. The number of rotatable bonds is 8. The van der Waals surface area contributed by atoms with Crippen LogP contribution >= 0.6 is 0 Å². The standard InChI is InChI=1S/C20H30N2O5/c1-13(19(25)26)22(11-10-21-15(3)23)18(24)14(2)27-17-9-7-8-16(12-17)20(4,5)6/h7-9,12-14H,10-11H2,1-6H3,(H,21,23)(H,25,26). The maximum atomic E-state index is 12.8. The van der Waals surface area contributed by atoms with Gasteiger partial charge in [-0.05, 0) is 37.0 Å². The summed E-state index contributed by atoms with van der Waals surface area (Å²) in [4.78, 5) is 36.4. The number of amides is 2. The Kier molecular flexibility index (Phi) is 7.82. The van der Waals surface area contributed by atoms with E-state index in [4.69, 9.17) is 4.74 Å². The molecule has 1 aromatic carbocycles. The normalized spacial score (nSPS) is 13.4. The second kappa shape index (κ2) is 9.39. The fraction of sp³-hybridized carbons (Fsp3) is 0.550. The van der Waals surface area contributed by atoms with E-state index in [0.29, 0.717) is 5.75 Å². The highest BCUT2D eigenvalue weighted by Gasteiger charge is 2.30. The molecule has 7 heteroatoms. The van der Waals surface area contributed by atoms with Crippen molar-refractivity contribution in [1.82, 2.24) is 10.2 Å². The first-order chi connectivity index (χ1) is 12.4. The summed E-state index contributed by atoms with van der Waals surface area (Å²) in [6.07, 6.45) is -0.862. The van der Waals surface area contributed by atoms with E-state index in [0.717, 1.165) is 5.56 Å². The Hall–Kier alpha value is -2.57. The van der Waals surface area contributed by atoms with E-state index >= 15 is 0 Å². The van der Waals surface area contributed by atoms with Gasteiger partial charge in [0.15, 0.2) is 6.10 Å². The summed E-state index contributed by atoms with van der Waals surface area (Å²) >= 11 is 0. The third-order valence-corrected chi connectivity index (χ3v) is 4.20. The molecular weight excluding hydrogens is 348 g/mol. The number of ether oxygens (including phenoxy) is 1. The van der Waals surface area contributed by atoms with Crippen molar-refractivity contribution in [2.24, 2.45) is 0 Å². The van der Waals surface area contributed by atoms with Crippen LogP contribution in [0.15, 0.2) is 24.3 Å². The van der Waals surface area contributed by atoms with Crippen molar-refractivity contribution in [2.75, 3.05) is 13.1 Å². The molecule has 0 saturated carbocycles. The van der Waals surface area contributed by atoms with E-state index in [9.17, 15) is 19.5 Å². The van der Waals surface area contributed by atoms with Crippen LogP contribution < -0.4 is 10.1 Å². The molecule has 0 radical (unpaired) electrons. The van der Waals surface area contributed by atoms with Gasteiger partial charge in [-0.2, -0.15) is 0 Å². The number of carbonyl (C=O) groups is 3. The number of carboxylic acid groups (broad SMARTS) is 1. The second-order valence-corrected chi connectivity index (χ2v) is 7.57. The van der Waals surface area contributed by atoms with E-state index in [2.05, 4.69) is 26.1 Å². The number of benzene rings is 1. The van der Waals surface area contributed by atoms with Gasteiger partial charge in [0.1, 0.15) is 11.8 Å². The number of carboxylic acids is 1. The number of aliphatic carboxylic acids is 1. The predicted molar refractivity (Wildman–Crippen MR) is 103 cm³/mol. The summed E-state index contributed by atoms with van der Waals surface area (Å²) in [6, 6.07) is 6.47. The molecule has 2 N–H and O–H groups in total. The molecule has 0 spiro atoms. The van der Waals surface area contributed by atoms with Crippen LogP contribution in [0.4, 0.5) is 0 Å². The molecule has 0 bridgehead atoms. The number of hydrogen-bond donors (Lipinski definition) is 2. The maximum Gasteiger partial charge on any atom is 0.326 e. The molecule has 0 aromatic heterocycles. The molecule has 0 fully saturated rings. The monoisotopic (exact) mass is 378 g/mol. The first kappa shape index (κ1) is 22.5. The number of nitrogens with one attached hydrogen (secondary N) is 1. The molecule has 7 nitrogen and oxygen atoms in total. The van der Waals surface area contributed by atoms with Gasteiger partial charge in [-0.15, -0.1) is 0 Å². The zero-order valence-corrected chi connectivity index (χ0v) is 16.9. The SMILES string of the molecule is CC(=O)NCCN(C(=O)C(C)Oc1cccc(C(C)(C)C)c1)C(C)C(=O)O. The minimum absolute atomic E-state index is 0.0607. The molecule has 0 heterocycles. The van der Waals surface area contributed by atoms with Gasteiger partial charge in [-0.3, -0.25) is 9.59 Å². The number of nitrogens with zero attached hydrogens (tertiary/aromatic N) is 1. The lowest BCUT2D eigenvalue weighted by atomic mass is 9.87. The van der Waals surface area contributed by atoms with Gasteiger partial charge in [0.25, 0.3) is 5.91 Å².